The molecule has 0 fully saturated rings. The maximum absolute atomic E-state index is 13.2. The number of phenols is 2. The molecule has 8 heteroatoms. The van der Waals surface area contributed by atoms with Crippen molar-refractivity contribution in [3.63, 3.8) is 0 Å². The Bertz CT molecular complexity index is 1550. The fourth-order valence-electron chi connectivity index (χ4n) is 3.28. The predicted molar refractivity (Wildman–Crippen MR) is 122 cm³/mol. The molecule has 0 amide bonds. The van der Waals surface area contributed by atoms with Crippen LogP contribution in [-0.4, -0.2) is 26.1 Å². The number of hydrogen-bond acceptors (Lipinski definition) is 6. The molecule has 152 valence electrons. The molecule has 0 aliphatic carbocycles. The number of halogens is 1. The number of para-hydroxylation sites is 1. The largest absolute Gasteiger partial charge is 0.508 e. The van der Waals surface area contributed by atoms with Gasteiger partial charge in [0.2, 0.25) is 5.82 Å². The normalized spacial score (nSPS) is 11.6. The van der Waals surface area contributed by atoms with E-state index in [1.54, 1.807) is 30.3 Å². The van der Waals surface area contributed by atoms with E-state index in [0.717, 1.165) is 14.5 Å². The number of aromatic hydroxyl groups is 2. The van der Waals surface area contributed by atoms with E-state index in [1.807, 2.05) is 18.2 Å². The molecular weight excluding hydrogens is 462 g/mol. The molecule has 0 radical (unpaired) electrons. The van der Waals surface area contributed by atoms with Crippen molar-refractivity contribution in [3.05, 3.63) is 87.1 Å². The van der Waals surface area contributed by atoms with Gasteiger partial charge in [-0.1, -0.05) is 28.1 Å². The lowest BCUT2D eigenvalue weighted by Crippen LogP contribution is -2.20. The quantitative estimate of drug-likeness (QED) is 0.362. The standard InChI is InChI=1S/C23H14BrN3O4/c24-15-6-8-20-14(9-15)10-21(31-20)22-26-18-4-2-1-3-17(18)23(30)27(22)25-12-13-5-7-16(28)11-19(13)29/h1-12,28-29H. The second-order valence-corrected chi connectivity index (χ2v) is 7.77. The van der Waals surface area contributed by atoms with E-state index in [9.17, 15) is 15.0 Å². The van der Waals surface area contributed by atoms with Gasteiger partial charge in [0.25, 0.3) is 5.56 Å². The summed E-state index contributed by atoms with van der Waals surface area (Å²) in [6.07, 6.45) is 1.33. The zero-order chi connectivity index (χ0) is 21.5. The predicted octanol–water partition coefficient (Wildman–Crippen LogP) is 4.87. The molecule has 2 heterocycles. The van der Waals surface area contributed by atoms with Gasteiger partial charge in [0.15, 0.2) is 5.76 Å². The average molecular weight is 476 g/mol. The van der Waals surface area contributed by atoms with Crippen LogP contribution in [0.1, 0.15) is 5.56 Å². The molecular formula is C23H14BrN3O4. The molecule has 0 saturated carbocycles. The van der Waals surface area contributed by atoms with Crippen LogP contribution in [0.15, 0.2) is 85.5 Å². The molecule has 0 saturated heterocycles. The van der Waals surface area contributed by atoms with E-state index >= 15 is 0 Å². The first-order chi connectivity index (χ1) is 15.0. The number of benzene rings is 3. The summed E-state index contributed by atoms with van der Waals surface area (Å²) >= 11 is 3.44. The van der Waals surface area contributed by atoms with Crippen molar-refractivity contribution in [3.8, 4) is 23.1 Å². The number of furan rings is 1. The van der Waals surface area contributed by atoms with E-state index in [0.29, 0.717) is 27.8 Å². The Labute approximate surface area is 183 Å². The van der Waals surface area contributed by atoms with Gasteiger partial charge in [-0.25, -0.2) is 4.98 Å². The van der Waals surface area contributed by atoms with Gasteiger partial charge in [-0.2, -0.15) is 9.78 Å². The molecule has 0 unspecified atom stereocenters. The highest BCUT2D eigenvalue weighted by Gasteiger charge is 2.16. The van der Waals surface area contributed by atoms with Crippen LogP contribution in [0.5, 0.6) is 11.5 Å². The molecule has 0 bridgehead atoms. The SMILES string of the molecule is O=c1c2ccccc2nc(-c2cc3cc(Br)ccc3o2)n1N=Cc1ccc(O)cc1O. The summed E-state index contributed by atoms with van der Waals surface area (Å²) in [4.78, 5) is 17.8. The van der Waals surface area contributed by atoms with Gasteiger partial charge in [-0.05, 0) is 48.5 Å². The highest BCUT2D eigenvalue weighted by molar-refractivity contribution is 9.10. The van der Waals surface area contributed by atoms with Crippen LogP contribution in [0.2, 0.25) is 0 Å². The fraction of sp³-hybridized carbons (Fsp3) is 0. The highest BCUT2D eigenvalue weighted by Crippen LogP contribution is 2.29. The molecule has 0 aliphatic rings. The van der Waals surface area contributed by atoms with Crippen LogP contribution in [0.25, 0.3) is 33.5 Å². The molecule has 3 aromatic carbocycles. The van der Waals surface area contributed by atoms with Crippen LogP contribution in [0.3, 0.4) is 0 Å². The summed E-state index contributed by atoms with van der Waals surface area (Å²) < 4.78 is 7.99. The smallest absolute Gasteiger partial charge is 0.282 e. The summed E-state index contributed by atoms with van der Waals surface area (Å²) in [5.41, 5.74) is 1.12. The van der Waals surface area contributed by atoms with Crippen molar-refractivity contribution < 1.29 is 14.6 Å². The Kier molecular flexibility index (Phi) is 4.56. The van der Waals surface area contributed by atoms with Crippen LogP contribution in [-0.2, 0) is 0 Å². The van der Waals surface area contributed by atoms with Gasteiger partial charge in [0.1, 0.15) is 17.1 Å². The third kappa shape index (κ3) is 3.47. The summed E-state index contributed by atoms with van der Waals surface area (Å²) in [6, 6.07) is 18.5. The number of aromatic nitrogens is 2. The summed E-state index contributed by atoms with van der Waals surface area (Å²) in [5.74, 6) is 0.363. The molecule has 2 aromatic heterocycles. The minimum Gasteiger partial charge on any atom is -0.508 e. The van der Waals surface area contributed by atoms with Gasteiger partial charge in [0.05, 0.1) is 17.1 Å². The molecule has 0 spiro atoms. The first-order valence-corrected chi connectivity index (χ1v) is 10.1. The minimum atomic E-state index is -0.378. The number of phenolic OH excluding ortho intramolecular Hbond substituents is 2. The second kappa shape index (κ2) is 7.41. The van der Waals surface area contributed by atoms with Crippen molar-refractivity contribution in [2.24, 2.45) is 5.10 Å². The summed E-state index contributed by atoms with van der Waals surface area (Å²) in [5, 5.41) is 25.1. The molecule has 7 nitrogen and oxygen atoms in total. The molecule has 0 aliphatic heterocycles. The van der Waals surface area contributed by atoms with Crippen LogP contribution in [0.4, 0.5) is 0 Å². The van der Waals surface area contributed by atoms with Gasteiger partial charge in [0, 0.05) is 21.5 Å². The number of rotatable bonds is 3. The molecule has 0 atom stereocenters. The Morgan fingerprint density at radius 3 is 2.71 bits per heavy atom. The Morgan fingerprint density at radius 1 is 1.03 bits per heavy atom. The van der Waals surface area contributed by atoms with Crippen molar-refractivity contribution in [2.75, 3.05) is 0 Å². The number of fused-ring (bicyclic) bond motifs is 2. The maximum Gasteiger partial charge on any atom is 0.282 e. The summed E-state index contributed by atoms with van der Waals surface area (Å²) in [7, 11) is 0. The lowest BCUT2D eigenvalue weighted by Gasteiger charge is -2.07. The molecule has 31 heavy (non-hydrogen) atoms. The fourth-order valence-corrected chi connectivity index (χ4v) is 3.65. The van der Waals surface area contributed by atoms with Gasteiger partial charge < -0.3 is 14.6 Å². The van der Waals surface area contributed by atoms with Crippen molar-refractivity contribution >= 4 is 44.0 Å². The molecule has 5 rings (SSSR count). The van der Waals surface area contributed by atoms with Crippen LogP contribution in [0, 0.1) is 0 Å². The van der Waals surface area contributed by atoms with Crippen LogP contribution >= 0.6 is 15.9 Å². The van der Waals surface area contributed by atoms with Gasteiger partial charge in [-0.15, -0.1) is 0 Å². The highest BCUT2D eigenvalue weighted by atomic mass is 79.9. The number of nitrogens with zero attached hydrogens (tertiary/aromatic N) is 3. The first kappa shape index (κ1) is 19.1. The lowest BCUT2D eigenvalue weighted by molar-refractivity contribution is 0.450. The number of hydrogen-bond donors (Lipinski definition) is 2. The Balaban J connectivity index is 1.74. The van der Waals surface area contributed by atoms with Gasteiger partial charge in [-0.3, -0.25) is 4.79 Å². The minimum absolute atomic E-state index is 0.0756. The lowest BCUT2D eigenvalue weighted by atomic mass is 10.2. The zero-order valence-electron chi connectivity index (χ0n) is 15.9. The molecule has 5 aromatic rings. The van der Waals surface area contributed by atoms with Crippen molar-refractivity contribution in [1.29, 1.82) is 0 Å². The summed E-state index contributed by atoms with van der Waals surface area (Å²) in [6.45, 7) is 0. The average Bonchev–Trinajstić information content (AvgIpc) is 3.17. The van der Waals surface area contributed by atoms with Gasteiger partial charge >= 0.3 is 0 Å². The van der Waals surface area contributed by atoms with E-state index in [2.05, 4.69) is 26.0 Å². The third-order valence-corrected chi connectivity index (χ3v) is 5.27. The zero-order valence-corrected chi connectivity index (χ0v) is 17.4. The van der Waals surface area contributed by atoms with Crippen molar-refractivity contribution in [1.82, 2.24) is 9.66 Å². The topological polar surface area (TPSA) is 101 Å². The van der Waals surface area contributed by atoms with E-state index in [1.165, 1.54) is 24.4 Å². The van der Waals surface area contributed by atoms with E-state index in [-0.39, 0.29) is 22.9 Å². The third-order valence-electron chi connectivity index (χ3n) is 4.78. The maximum atomic E-state index is 13.2. The van der Waals surface area contributed by atoms with E-state index in [4.69, 9.17) is 4.42 Å². The Hall–Kier alpha value is -3.91. The second-order valence-electron chi connectivity index (χ2n) is 6.85. The molecule has 2 N–H and O–H groups in total. The van der Waals surface area contributed by atoms with E-state index < -0.39 is 0 Å². The van der Waals surface area contributed by atoms with Crippen molar-refractivity contribution in [2.45, 2.75) is 0 Å². The Morgan fingerprint density at radius 2 is 1.87 bits per heavy atom. The first-order valence-electron chi connectivity index (χ1n) is 9.27. The monoisotopic (exact) mass is 475 g/mol. The van der Waals surface area contributed by atoms with Crippen LogP contribution < -0.4 is 5.56 Å².